The lowest BCUT2D eigenvalue weighted by Crippen LogP contribution is -2.48. The number of hydrogen-bond donors (Lipinski definition) is 1. The van der Waals surface area contributed by atoms with Gasteiger partial charge in [0.1, 0.15) is 0 Å². The molecule has 2 unspecified atom stereocenters. The van der Waals surface area contributed by atoms with Gasteiger partial charge in [0.25, 0.3) is 0 Å². The van der Waals surface area contributed by atoms with E-state index in [2.05, 4.69) is 25.1 Å². The molecule has 0 aromatic rings. The molecule has 86 valence electrons. The Morgan fingerprint density at radius 3 is 2.93 bits per heavy atom. The fraction of sp³-hybridized carbons (Fsp3) is 0.846. The van der Waals surface area contributed by atoms with Gasteiger partial charge in [-0.1, -0.05) is 6.92 Å². The summed E-state index contributed by atoms with van der Waals surface area (Å²) in [5.74, 6) is 2.70. The van der Waals surface area contributed by atoms with Crippen molar-refractivity contribution >= 4 is 0 Å². The van der Waals surface area contributed by atoms with Crippen molar-refractivity contribution in [2.24, 2.45) is 0 Å². The lowest BCUT2D eigenvalue weighted by Gasteiger charge is -2.34. The molecule has 0 radical (unpaired) electrons. The molecule has 0 aromatic heterocycles. The molecule has 0 spiro atoms. The summed E-state index contributed by atoms with van der Waals surface area (Å²) in [6.45, 7) is 6.28. The van der Waals surface area contributed by atoms with Crippen LogP contribution in [-0.4, -0.2) is 24.8 Å². The molecular weight excluding hydrogens is 186 g/mol. The first kappa shape index (κ1) is 12.5. The second-order valence-corrected chi connectivity index (χ2v) is 4.47. The monoisotopic (exact) mass is 209 g/mol. The molecule has 0 amide bonds. The van der Waals surface area contributed by atoms with Crippen LogP contribution in [-0.2, 0) is 4.74 Å². The number of hydrogen-bond acceptors (Lipinski definition) is 2. The van der Waals surface area contributed by atoms with Crippen molar-refractivity contribution in [3.05, 3.63) is 0 Å². The fourth-order valence-electron chi connectivity index (χ4n) is 2.35. The predicted molar refractivity (Wildman–Crippen MR) is 63.7 cm³/mol. The first-order valence-corrected chi connectivity index (χ1v) is 6.03. The van der Waals surface area contributed by atoms with Gasteiger partial charge in [0.05, 0.1) is 5.60 Å². The van der Waals surface area contributed by atoms with Crippen LogP contribution in [0.5, 0.6) is 0 Å². The minimum Gasteiger partial charge on any atom is -0.374 e. The van der Waals surface area contributed by atoms with Gasteiger partial charge in [-0.2, -0.15) is 0 Å². The number of ether oxygens (including phenoxy) is 1. The van der Waals surface area contributed by atoms with Crippen LogP contribution in [0, 0.1) is 12.3 Å². The van der Waals surface area contributed by atoms with E-state index in [0.29, 0.717) is 6.04 Å². The Bertz CT molecular complexity index is 213. The minimum atomic E-state index is 0.0323. The van der Waals surface area contributed by atoms with Gasteiger partial charge in [-0.25, -0.2) is 0 Å². The summed E-state index contributed by atoms with van der Waals surface area (Å²) < 4.78 is 5.87. The fourth-order valence-corrected chi connectivity index (χ4v) is 2.35. The summed E-state index contributed by atoms with van der Waals surface area (Å²) in [7, 11) is 0. The maximum Gasteiger partial charge on any atom is 0.0807 e. The van der Waals surface area contributed by atoms with Gasteiger partial charge < -0.3 is 10.1 Å². The molecular formula is C13H23NO. The van der Waals surface area contributed by atoms with Crippen LogP contribution in [0.2, 0.25) is 0 Å². The lowest BCUT2D eigenvalue weighted by atomic mass is 9.89. The first-order chi connectivity index (χ1) is 7.23. The van der Waals surface area contributed by atoms with Gasteiger partial charge in [0.15, 0.2) is 0 Å². The molecule has 2 atom stereocenters. The number of terminal acetylenes is 1. The molecule has 2 heteroatoms. The summed E-state index contributed by atoms with van der Waals surface area (Å²) in [4.78, 5) is 0. The molecule has 1 heterocycles. The van der Waals surface area contributed by atoms with Crippen molar-refractivity contribution in [3.8, 4) is 12.3 Å². The Hall–Kier alpha value is -0.520. The molecule has 1 fully saturated rings. The van der Waals surface area contributed by atoms with Crippen LogP contribution in [0.1, 0.15) is 46.0 Å². The topological polar surface area (TPSA) is 21.3 Å². The Labute approximate surface area is 93.8 Å². The van der Waals surface area contributed by atoms with E-state index in [9.17, 15) is 0 Å². The van der Waals surface area contributed by atoms with Crippen molar-refractivity contribution in [1.29, 1.82) is 0 Å². The minimum absolute atomic E-state index is 0.0323. The number of likely N-dealkylation sites (N-methyl/N-ethyl adjacent to an activating group) is 1. The third-order valence-corrected chi connectivity index (χ3v) is 3.25. The number of nitrogens with one attached hydrogen (secondary N) is 1. The highest BCUT2D eigenvalue weighted by molar-refractivity contribution is 4.93. The van der Waals surface area contributed by atoms with E-state index in [0.717, 1.165) is 32.4 Å². The third kappa shape index (κ3) is 3.52. The van der Waals surface area contributed by atoms with Crippen LogP contribution in [0.3, 0.4) is 0 Å². The molecule has 1 N–H and O–H groups in total. The summed E-state index contributed by atoms with van der Waals surface area (Å²) in [5, 5.41) is 3.53. The van der Waals surface area contributed by atoms with Crippen molar-refractivity contribution in [2.45, 2.75) is 57.6 Å². The van der Waals surface area contributed by atoms with Crippen molar-refractivity contribution in [2.75, 3.05) is 13.2 Å². The Morgan fingerprint density at radius 1 is 1.60 bits per heavy atom. The zero-order valence-corrected chi connectivity index (χ0v) is 10.0. The van der Waals surface area contributed by atoms with E-state index in [4.69, 9.17) is 11.2 Å². The molecule has 1 aliphatic heterocycles. The average molecular weight is 209 g/mol. The Balaban J connectivity index is 2.45. The SMILES string of the molecule is C#CCCCC(NCC)C1(C)CCCO1. The summed E-state index contributed by atoms with van der Waals surface area (Å²) >= 11 is 0. The van der Waals surface area contributed by atoms with Crippen molar-refractivity contribution in [3.63, 3.8) is 0 Å². The standard InChI is InChI=1S/C13H23NO/c1-4-6-7-9-12(14-5-2)13(3)10-8-11-15-13/h1,12,14H,5-11H2,2-3H3. The van der Waals surface area contributed by atoms with E-state index in [1.807, 2.05) is 0 Å². The zero-order valence-electron chi connectivity index (χ0n) is 10.0. The number of unbranched alkanes of at least 4 members (excludes halogenated alkanes) is 1. The van der Waals surface area contributed by atoms with Crippen molar-refractivity contribution in [1.82, 2.24) is 5.32 Å². The highest BCUT2D eigenvalue weighted by atomic mass is 16.5. The van der Waals surface area contributed by atoms with E-state index < -0.39 is 0 Å². The summed E-state index contributed by atoms with van der Waals surface area (Å²) in [6.07, 6.45) is 10.7. The van der Waals surface area contributed by atoms with Crippen LogP contribution in [0.25, 0.3) is 0 Å². The Kier molecular flexibility index (Phi) is 5.14. The average Bonchev–Trinajstić information content (AvgIpc) is 2.65. The highest BCUT2D eigenvalue weighted by Gasteiger charge is 2.37. The van der Waals surface area contributed by atoms with Gasteiger partial charge in [0.2, 0.25) is 0 Å². The largest absolute Gasteiger partial charge is 0.374 e. The van der Waals surface area contributed by atoms with Crippen LogP contribution >= 0.6 is 0 Å². The van der Waals surface area contributed by atoms with E-state index in [-0.39, 0.29) is 5.60 Å². The molecule has 15 heavy (non-hydrogen) atoms. The molecule has 1 aliphatic rings. The van der Waals surface area contributed by atoms with Crippen LogP contribution in [0.15, 0.2) is 0 Å². The Morgan fingerprint density at radius 2 is 2.40 bits per heavy atom. The van der Waals surface area contributed by atoms with Gasteiger partial charge in [-0.15, -0.1) is 12.3 Å². The van der Waals surface area contributed by atoms with Crippen molar-refractivity contribution < 1.29 is 4.74 Å². The van der Waals surface area contributed by atoms with Crippen LogP contribution < -0.4 is 5.32 Å². The van der Waals surface area contributed by atoms with E-state index in [1.165, 1.54) is 12.8 Å². The highest BCUT2D eigenvalue weighted by Crippen LogP contribution is 2.30. The molecule has 0 aromatic carbocycles. The van der Waals surface area contributed by atoms with Gasteiger partial charge in [-0.05, 0) is 39.2 Å². The first-order valence-electron chi connectivity index (χ1n) is 6.03. The third-order valence-electron chi connectivity index (χ3n) is 3.25. The molecule has 1 saturated heterocycles. The second kappa shape index (κ2) is 6.15. The normalized spacial score (nSPS) is 27.5. The van der Waals surface area contributed by atoms with Gasteiger partial charge in [0, 0.05) is 19.1 Å². The number of rotatable bonds is 6. The molecule has 2 nitrogen and oxygen atoms in total. The second-order valence-electron chi connectivity index (χ2n) is 4.47. The van der Waals surface area contributed by atoms with E-state index in [1.54, 1.807) is 0 Å². The van der Waals surface area contributed by atoms with Crippen LogP contribution in [0.4, 0.5) is 0 Å². The summed E-state index contributed by atoms with van der Waals surface area (Å²) in [5.41, 5.74) is 0.0323. The molecule has 1 rings (SSSR count). The lowest BCUT2D eigenvalue weighted by molar-refractivity contribution is -0.0138. The predicted octanol–water partition coefficient (Wildman–Crippen LogP) is 2.34. The zero-order chi connectivity index (χ0) is 11.1. The summed E-state index contributed by atoms with van der Waals surface area (Å²) in [6, 6.07) is 0.457. The smallest absolute Gasteiger partial charge is 0.0807 e. The molecule has 0 bridgehead atoms. The quantitative estimate of drug-likeness (QED) is 0.535. The van der Waals surface area contributed by atoms with E-state index >= 15 is 0 Å². The maximum absolute atomic E-state index is 5.87. The van der Waals surface area contributed by atoms with Gasteiger partial charge in [-0.3, -0.25) is 0 Å². The molecule has 0 saturated carbocycles. The van der Waals surface area contributed by atoms with Gasteiger partial charge >= 0.3 is 0 Å². The maximum atomic E-state index is 5.87. The molecule has 0 aliphatic carbocycles.